The molecule has 5 nitrogen and oxygen atoms in total. The number of carbonyl (C=O) groups is 2. The van der Waals surface area contributed by atoms with Crippen LogP contribution >= 0.6 is 24.2 Å². The van der Waals surface area contributed by atoms with Gasteiger partial charge in [0.05, 0.1) is 5.88 Å². The van der Waals surface area contributed by atoms with Crippen molar-refractivity contribution < 1.29 is 9.59 Å². The normalized spacial score (nSPS) is 19.4. The van der Waals surface area contributed by atoms with Crippen LogP contribution in [-0.2, 0) is 9.59 Å². The van der Waals surface area contributed by atoms with Crippen molar-refractivity contribution in [1.29, 1.82) is 0 Å². The molecule has 20 heavy (non-hydrogen) atoms. The number of amides is 2. The lowest BCUT2D eigenvalue weighted by molar-refractivity contribution is -0.138. The van der Waals surface area contributed by atoms with Crippen LogP contribution in [0.25, 0.3) is 0 Å². The maximum Gasteiger partial charge on any atom is 0.243 e. The lowest BCUT2D eigenvalue weighted by atomic mass is 10.2. The Morgan fingerprint density at radius 2 is 2.10 bits per heavy atom. The third-order valence-electron chi connectivity index (χ3n) is 3.10. The van der Waals surface area contributed by atoms with Gasteiger partial charge in [-0.1, -0.05) is 13.8 Å². The van der Waals surface area contributed by atoms with Gasteiger partial charge < -0.3 is 15.5 Å². The highest BCUT2D eigenvalue weighted by Gasteiger charge is 2.33. The van der Waals surface area contributed by atoms with E-state index in [0.717, 1.165) is 13.0 Å². The molecule has 7 heteroatoms. The maximum absolute atomic E-state index is 12.1. The van der Waals surface area contributed by atoms with Crippen LogP contribution in [0.4, 0.5) is 0 Å². The van der Waals surface area contributed by atoms with E-state index in [0.29, 0.717) is 24.6 Å². The van der Waals surface area contributed by atoms with Gasteiger partial charge in [0.2, 0.25) is 11.8 Å². The summed E-state index contributed by atoms with van der Waals surface area (Å²) in [6, 6.07) is -0.0410. The van der Waals surface area contributed by atoms with Crippen molar-refractivity contribution in [2.45, 2.75) is 45.7 Å². The summed E-state index contributed by atoms with van der Waals surface area (Å²) in [6.45, 7) is 7.54. The zero-order chi connectivity index (χ0) is 14.3. The fraction of sp³-hybridized carbons (Fsp3) is 0.846. The summed E-state index contributed by atoms with van der Waals surface area (Å²) in [5.41, 5.74) is 0. The zero-order valence-electron chi connectivity index (χ0n) is 12.5. The number of likely N-dealkylation sites (N-methyl/N-ethyl adjacent to an activating group) is 1. The molecule has 1 aliphatic heterocycles. The quantitative estimate of drug-likeness (QED) is 0.739. The second-order valence-electron chi connectivity index (χ2n) is 4.83. The number of rotatable bonds is 7. The van der Waals surface area contributed by atoms with Gasteiger partial charge in [-0.05, 0) is 19.9 Å². The van der Waals surface area contributed by atoms with Crippen LogP contribution in [0.5, 0.6) is 0 Å². The molecule has 1 aliphatic rings. The van der Waals surface area contributed by atoms with Gasteiger partial charge >= 0.3 is 0 Å². The van der Waals surface area contributed by atoms with Gasteiger partial charge in [0, 0.05) is 24.8 Å². The summed E-state index contributed by atoms with van der Waals surface area (Å²) in [5.74, 6) is 1.41. The number of halogens is 1. The second-order valence-corrected chi connectivity index (χ2v) is 5.83. The monoisotopic (exact) mass is 323 g/mol. The van der Waals surface area contributed by atoms with Gasteiger partial charge in [-0.25, -0.2) is 0 Å². The predicted molar refractivity (Wildman–Crippen MR) is 86.3 cm³/mol. The highest BCUT2D eigenvalue weighted by molar-refractivity contribution is 7.99. The molecule has 118 valence electrons. The molecular formula is C13H26ClN3O2S. The lowest BCUT2D eigenvalue weighted by Gasteiger charge is -2.23. The molecule has 1 saturated heterocycles. The number of hydrogen-bond donors (Lipinski definition) is 2. The molecule has 2 N–H and O–H groups in total. The Kier molecular flexibility index (Phi) is 10.1. The Balaban J connectivity index is 0.00000361. The Bertz CT molecular complexity index is 318. The van der Waals surface area contributed by atoms with Crippen molar-refractivity contribution in [3.8, 4) is 0 Å². The molecule has 2 amide bonds. The Labute approximate surface area is 132 Å². The minimum absolute atomic E-state index is 0. The topological polar surface area (TPSA) is 61.4 Å². The van der Waals surface area contributed by atoms with Crippen LogP contribution in [0.3, 0.4) is 0 Å². The van der Waals surface area contributed by atoms with E-state index in [1.165, 1.54) is 0 Å². The Hall–Kier alpha value is -0.460. The second kappa shape index (κ2) is 10.3. The van der Waals surface area contributed by atoms with E-state index in [-0.39, 0.29) is 36.3 Å². The van der Waals surface area contributed by atoms with Crippen molar-refractivity contribution in [3.63, 3.8) is 0 Å². The number of thioether (sulfide) groups is 1. The smallest absolute Gasteiger partial charge is 0.243 e. The zero-order valence-corrected chi connectivity index (χ0v) is 14.1. The first-order chi connectivity index (χ1) is 9.10. The van der Waals surface area contributed by atoms with Gasteiger partial charge in [0.1, 0.15) is 6.04 Å². The highest BCUT2D eigenvalue weighted by atomic mass is 35.5. The fourth-order valence-corrected chi connectivity index (χ4v) is 3.24. The Morgan fingerprint density at radius 1 is 1.40 bits per heavy atom. The first kappa shape index (κ1) is 19.5. The van der Waals surface area contributed by atoms with E-state index >= 15 is 0 Å². The summed E-state index contributed by atoms with van der Waals surface area (Å²) in [6.07, 6.45) is 1.35. The third-order valence-corrected chi connectivity index (χ3v) is 4.12. The Morgan fingerprint density at radius 3 is 2.70 bits per heavy atom. The largest absolute Gasteiger partial charge is 0.353 e. The first-order valence-corrected chi connectivity index (χ1v) is 8.13. The van der Waals surface area contributed by atoms with E-state index in [4.69, 9.17) is 0 Å². The SMILES string of the molecule is CCCC(=O)N1CSCC1C(=O)NC[C@@H](C)NCC.Cl. The minimum atomic E-state index is -0.294. The van der Waals surface area contributed by atoms with Crippen molar-refractivity contribution in [2.24, 2.45) is 0 Å². The maximum atomic E-state index is 12.1. The van der Waals surface area contributed by atoms with Crippen molar-refractivity contribution in [1.82, 2.24) is 15.5 Å². The summed E-state index contributed by atoms with van der Waals surface area (Å²) in [7, 11) is 0. The van der Waals surface area contributed by atoms with E-state index in [1.54, 1.807) is 16.7 Å². The van der Waals surface area contributed by atoms with Crippen LogP contribution in [0, 0.1) is 0 Å². The van der Waals surface area contributed by atoms with Crippen molar-refractivity contribution in [2.75, 3.05) is 24.7 Å². The van der Waals surface area contributed by atoms with Crippen molar-refractivity contribution >= 4 is 36.0 Å². The molecule has 1 fully saturated rings. The molecule has 0 radical (unpaired) electrons. The van der Waals surface area contributed by atoms with Crippen LogP contribution in [0.1, 0.15) is 33.6 Å². The first-order valence-electron chi connectivity index (χ1n) is 6.98. The molecule has 1 heterocycles. The predicted octanol–water partition coefficient (Wildman–Crippen LogP) is 1.22. The fourth-order valence-electron chi connectivity index (χ4n) is 2.06. The van der Waals surface area contributed by atoms with Crippen LogP contribution in [0.15, 0.2) is 0 Å². The van der Waals surface area contributed by atoms with Crippen LogP contribution in [0.2, 0.25) is 0 Å². The average molecular weight is 324 g/mol. The molecular weight excluding hydrogens is 298 g/mol. The molecule has 0 aromatic heterocycles. The molecule has 0 spiro atoms. The third kappa shape index (κ3) is 5.89. The number of nitrogens with one attached hydrogen (secondary N) is 2. The molecule has 2 atom stereocenters. The van der Waals surface area contributed by atoms with E-state index in [1.807, 2.05) is 20.8 Å². The molecule has 0 aromatic rings. The van der Waals surface area contributed by atoms with Gasteiger partial charge in [-0.2, -0.15) is 0 Å². The highest BCUT2D eigenvalue weighted by Crippen LogP contribution is 2.22. The van der Waals surface area contributed by atoms with Crippen LogP contribution in [-0.4, -0.2) is 53.5 Å². The molecule has 1 rings (SSSR count). The van der Waals surface area contributed by atoms with Gasteiger partial charge in [0.25, 0.3) is 0 Å². The van der Waals surface area contributed by atoms with Gasteiger partial charge in [-0.3, -0.25) is 9.59 Å². The van der Waals surface area contributed by atoms with E-state index in [9.17, 15) is 9.59 Å². The summed E-state index contributed by atoms with van der Waals surface area (Å²) >= 11 is 1.65. The van der Waals surface area contributed by atoms with Crippen molar-refractivity contribution in [3.05, 3.63) is 0 Å². The number of hydrogen-bond acceptors (Lipinski definition) is 4. The molecule has 0 bridgehead atoms. The summed E-state index contributed by atoms with van der Waals surface area (Å²) in [4.78, 5) is 25.8. The van der Waals surface area contributed by atoms with Gasteiger partial charge in [0.15, 0.2) is 0 Å². The van der Waals surface area contributed by atoms with E-state index < -0.39 is 0 Å². The molecule has 1 unspecified atom stereocenters. The average Bonchev–Trinajstić information content (AvgIpc) is 2.86. The molecule has 0 aliphatic carbocycles. The number of carbonyl (C=O) groups excluding carboxylic acids is 2. The molecule has 0 aromatic carbocycles. The lowest BCUT2D eigenvalue weighted by Crippen LogP contribution is -2.49. The van der Waals surface area contributed by atoms with Crippen LogP contribution < -0.4 is 10.6 Å². The summed E-state index contributed by atoms with van der Waals surface area (Å²) in [5, 5.41) is 6.17. The summed E-state index contributed by atoms with van der Waals surface area (Å²) < 4.78 is 0. The standard InChI is InChI=1S/C13H25N3O2S.ClH/c1-4-6-12(17)16-9-19-8-11(16)13(18)15-7-10(3)14-5-2;/h10-11,14H,4-9H2,1-3H3,(H,15,18);1H/t10-,11?;/m1./s1. The minimum Gasteiger partial charge on any atom is -0.353 e. The van der Waals surface area contributed by atoms with Gasteiger partial charge in [-0.15, -0.1) is 24.2 Å². The number of nitrogens with zero attached hydrogens (tertiary/aromatic N) is 1. The van der Waals surface area contributed by atoms with E-state index in [2.05, 4.69) is 10.6 Å². The molecule has 0 saturated carbocycles.